The van der Waals surface area contributed by atoms with Crippen LogP contribution in [0.2, 0.25) is 4.34 Å². The van der Waals surface area contributed by atoms with Crippen molar-refractivity contribution in [2.24, 2.45) is 0 Å². The van der Waals surface area contributed by atoms with E-state index in [9.17, 15) is 0 Å². The second-order valence-corrected chi connectivity index (χ2v) is 7.34. The molecule has 1 fully saturated rings. The fourth-order valence-corrected chi connectivity index (χ4v) is 4.08. The lowest BCUT2D eigenvalue weighted by Crippen LogP contribution is -2.35. The molecule has 1 saturated heterocycles. The quantitative estimate of drug-likeness (QED) is 0.910. The lowest BCUT2D eigenvalue weighted by Gasteiger charge is -2.30. The second kappa shape index (κ2) is 5.88. The van der Waals surface area contributed by atoms with Gasteiger partial charge in [0.15, 0.2) is 0 Å². The number of thiophene rings is 1. The molecule has 0 spiro atoms. The predicted molar refractivity (Wildman–Crippen MR) is 84.6 cm³/mol. The van der Waals surface area contributed by atoms with Crippen LogP contribution in [0, 0.1) is 0 Å². The highest BCUT2D eigenvalue weighted by molar-refractivity contribution is 7.16. The van der Waals surface area contributed by atoms with Crippen LogP contribution in [-0.2, 0) is 0 Å². The van der Waals surface area contributed by atoms with Gasteiger partial charge in [0, 0.05) is 23.2 Å². The Morgan fingerprint density at radius 3 is 3.00 bits per heavy atom. The van der Waals surface area contributed by atoms with Gasteiger partial charge < -0.3 is 9.88 Å². The first-order valence-corrected chi connectivity index (χ1v) is 8.37. The topological polar surface area (TPSA) is 29.9 Å². The summed E-state index contributed by atoms with van der Waals surface area (Å²) in [6.45, 7) is 4.47. The zero-order valence-corrected chi connectivity index (χ0v) is 13.4. The van der Waals surface area contributed by atoms with Gasteiger partial charge in [0.05, 0.1) is 22.4 Å². The Morgan fingerprint density at radius 2 is 2.30 bits per heavy atom. The van der Waals surface area contributed by atoms with Crippen molar-refractivity contribution in [3.05, 3.63) is 39.6 Å². The van der Waals surface area contributed by atoms with E-state index in [4.69, 9.17) is 11.6 Å². The van der Waals surface area contributed by atoms with E-state index in [2.05, 4.69) is 34.8 Å². The van der Waals surface area contributed by atoms with E-state index < -0.39 is 0 Å². The SMILES string of the molecule is CC1CCCC(c2cncn2C(C)c2ccc(Cl)s2)N1. The molecule has 3 atom stereocenters. The first-order valence-electron chi connectivity index (χ1n) is 7.18. The number of rotatable bonds is 3. The first-order chi connectivity index (χ1) is 9.65. The van der Waals surface area contributed by atoms with Crippen LogP contribution in [0.15, 0.2) is 24.7 Å². The van der Waals surface area contributed by atoms with Gasteiger partial charge in [-0.25, -0.2) is 4.98 Å². The first kappa shape index (κ1) is 14.1. The van der Waals surface area contributed by atoms with Crippen LogP contribution >= 0.6 is 22.9 Å². The Kier molecular flexibility index (Phi) is 4.15. The summed E-state index contributed by atoms with van der Waals surface area (Å²) in [7, 11) is 0. The smallest absolute Gasteiger partial charge is 0.0954 e. The monoisotopic (exact) mass is 309 g/mol. The van der Waals surface area contributed by atoms with Crippen LogP contribution in [0.4, 0.5) is 0 Å². The standard InChI is InChI=1S/C15H20ClN3S/c1-10-4-3-5-12(18-10)13-8-17-9-19(13)11(2)14-6-7-15(16)20-14/h6-12,18H,3-5H2,1-2H3. The molecular formula is C15H20ClN3S. The van der Waals surface area contributed by atoms with Gasteiger partial charge >= 0.3 is 0 Å². The van der Waals surface area contributed by atoms with Gasteiger partial charge in [-0.05, 0) is 45.2 Å². The summed E-state index contributed by atoms with van der Waals surface area (Å²) in [5.41, 5.74) is 1.29. The fourth-order valence-electron chi connectivity index (χ4n) is 2.97. The van der Waals surface area contributed by atoms with Crippen LogP contribution in [-0.4, -0.2) is 15.6 Å². The molecule has 0 saturated carbocycles. The normalized spacial score (nSPS) is 24.8. The van der Waals surface area contributed by atoms with Gasteiger partial charge in [-0.15, -0.1) is 11.3 Å². The van der Waals surface area contributed by atoms with Crippen molar-refractivity contribution in [3.63, 3.8) is 0 Å². The summed E-state index contributed by atoms with van der Waals surface area (Å²) in [5, 5.41) is 3.69. The van der Waals surface area contributed by atoms with E-state index in [1.54, 1.807) is 11.3 Å². The Labute approximate surface area is 129 Å². The molecule has 5 heteroatoms. The maximum Gasteiger partial charge on any atom is 0.0954 e. The van der Waals surface area contributed by atoms with Crippen LogP contribution in [0.1, 0.15) is 55.8 Å². The third-order valence-corrected chi connectivity index (χ3v) is 5.49. The van der Waals surface area contributed by atoms with Gasteiger partial charge in [0.1, 0.15) is 0 Å². The summed E-state index contributed by atoms with van der Waals surface area (Å²) in [6, 6.07) is 5.36. The van der Waals surface area contributed by atoms with Crippen molar-refractivity contribution in [1.82, 2.24) is 14.9 Å². The average Bonchev–Trinajstić information content (AvgIpc) is 3.06. The van der Waals surface area contributed by atoms with Crippen molar-refractivity contribution in [1.29, 1.82) is 0 Å². The van der Waals surface area contributed by atoms with Crippen LogP contribution in [0.3, 0.4) is 0 Å². The Bertz CT molecular complexity index is 577. The van der Waals surface area contributed by atoms with Gasteiger partial charge in [0.25, 0.3) is 0 Å². The molecule has 108 valence electrons. The number of hydrogen-bond acceptors (Lipinski definition) is 3. The van der Waals surface area contributed by atoms with E-state index in [-0.39, 0.29) is 6.04 Å². The maximum atomic E-state index is 6.05. The zero-order valence-electron chi connectivity index (χ0n) is 11.8. The highest BCUT2D eigenvalue weighted by Gasteiger charge is 2.24. The van der Waals surface area contributed by atoms with Gasteiger partial charge in [-0.2, -0.15) is 0 Å². The van der Waals surface area contributed by atoms with E-state index in [1.165, 1.54) is 29.8 Å². The third kappa shape index (κ3) is 2.78. The summed E-state index contributed by atoms with van der Waals surface area (Å²) in [6.07, 6.45) is 7.67. The zero-order chi connectivity index (χ0) is 14.1. The second-order valence-electron chi connectivity index (χ2n) is 5.59. The molecule has 0 bridgehead atoms. The predicted octanol–water partition coefficient (Wildman–Crippen LogP) is 4.41. The van der Waals surface area contributed by atoms with E-state index >= 15 is 0 Å². The number of imidazole rings is 1. The molecule has 1 aliphatic heterocycles. The van der Waals surface area contributed by atoms with Crippen LogP contribution in [0.25, 0.3) is 0 Å². The molecule has 20 heavy (non-hydrogen) atoms. The molecule has 3 rings (SSSR count). The minimum Gasteiger partial charge on any atom is -0.325 e. The van der Waals surface area contributed by atoms with Crippen LogP contribution < -0.4 is 5.32 Å². The van der Waals surface area contributed by atoms with Crippen molar-refractivity contribution < 1.29 is 0 Å². The lowest BCUT2D eigenvalue weighted by atomic mass is 9.97. The van der Waals surface area contributed by atoms with Gasteiger partial charge in [-0.1, -0.05) is 11.6 Å². The van der Waals surface area contributed by atoms with Crippen LogP contribution in [0.5, 0.6) is 0 Å². The van der Waals surface area contributed by atoms with Crippen molar-refractivity contribution >= 4 is 22.9 Å². The Hall–Kier alpha value is -0.840. The number of nitrogens with one attached hydrogen (secondary N) is 1. The highest BCUT2D eigenvalue weighted by atomic mass is 35.5. The number of nitrogens with zero attached hydrogens (tertiary/aromatic N) is 2. The molecule has 3 nitrogen and oxygen atoms in total. The van der Waals surface area contributed by atoms with E-state index in [1.807, 2.05) is 18.6 Å². The van der Waals surface area contributed by atoms with Gasteiger partial charge in [-0.3, -0.25) is 0 Å². The molecule has 2 aromatic rings. The molecule has 0 amide bonds. The summed E-state index contributed by atoms with van der Waals surface area (Å²) >= 11 is 7.70. The minimum atomic E-state index is 0.282. The number of halogens is 1. The molecule has 1 N–H and O–H groups in total. The molecule has 2 aromatic heterocycles. The average molecular weight is 310 g/mol. The third-order valence-electron chi connectivity index (χ3n) is 4.09. The fraction of sp³-hybridized carbons (Fsp3) is 0.533. The number of hydrogen-bond donors (Lipinski definition) is 1. The molecule has 0 aliphatic carbocycles. The maximum absolute atomic E-state index is 6.05. The lowest BCUT2D eigenvalue weighted by molar-refractivity contribution is 0.327. The summed E-state index contributed by atoms with van der Waals surface area (Å²) in [4.78, 5) is 5.65. The Balaban J connectivity index is 1.86. The van der Waals surface area contributed by atoms with Crippen molar-refractivity contribution in [2.45, 2.75) is 51.2 Å². The van der Waals surface area contributed by atoms with E-state index in [0.717, 1.165) is 4.34 Å². The highest BCUT2D eigenvalue weighted by Crippen LogP contribution is 2.32. The number of aromatic nitrogens is 2. The summed E-state index contributed by atoms with van der Waals surface area (Å²) < 4.78 is 3.12. The molecule has 3 heterocycles. The Morgan fingerprint density at radius 1 is 1.45 bits per heavy atom. The van der Waals surface area contributed by atoms with Crippen molar-refractivity contribution in [2.75, 3.05) is 0 Å². The molecule has 0 radical (unpaired) electrons. The minimum absolute atomic E-state index is 0.282. The molecule has 0 aromatic carbocycles. The molecule has 1 aliphatic rings. The number of piperidine rings is 1. The molecule has 3 unspecified atom stereocenters. The molecular weight excluding hydrogens is 290 g/mol. The van der Waals surface area contributed by atoms with Crippen molar-refractivity contribution in [3.8, 4) is 0 Å². The summed E-state index contributed by atoms with van der Waals surface area (Å²) in [5.74, 6) is 0. The van der Waals surface area contributed by atoms with E-state index in [0.29, 0.717) is 12.1 Å². The van der Waals surface area contributed by atoms with Gasteiger partial charge in [0.2, 0.25) is 0 Å². The largest absolute Gasteiger partial charge is 0.325 e.